The van der Waals surface area contributed by atoms with Gasteiger partial charge in [0.15, 0.2) is 0 Å². The van der Waals surface area contributed by atoms with Gasteiger partial charge in [0.05, 0.1) is 15.2 Å². The highest BCUT2D eigenvalue weighted by molar-refractivity contribution is 6.68. The van der Waals surface area contributed by atoms with E-state index >= 15 is 0 Å². The van der Waals surface area contributed by atoms with Crippen molar-refractivity contribution in [2.24, 2.45) is 0 Å². The van der Waals surface area contributed by atoms with Crippen LogP contribution in [0.4, 0.5) is 5.69 Å². The van der Waals surface area contributed by atoms with Gasteiger partial charge in [-0.2, -0.15) is 0 Å². The van der Waals surface area contributed by atoms with Gasteiger partial charge in [0, 0.05) is 14.1 Å². The van der Waals surface area contributed by atoms with Crippen molar-refractivity contribution in [2.45, 2.75) is 26.4 Å². The largest absolute Gasteiger partial charge is 0.486 e. The standard InChI is InChI=1S/C20H27NOSi/c1-7-15-10-8-11-16(14-15)23-18-13-9-12-17(21(5)6)19(18)22-20(2,3)4/h7-14H,1,23H2,2-6H3. The minimum Gasteiger partial charge on any atom is -0.486 e. The van der Waals surface area contributed by atoms with Gasteiger partial charge in [-0.3, -0.25) is 0 Å². The van der Waals surface area contributed by atoms with Crippen LogP contribution in [0.25, 0.3) is 6.08 Å². The Morgan fingerprint density at radius 1 is 1.09 bits per heavy atom. The Labute approximate surface area is 142 Å². The molecule has 0 amide bonds. The second kappa shape index (κ2) is 7.05. The number of hydrogen-bond acceptors (Lipinski definition) is 2. The van der Waals surface area contributed by atoms with Gasteiger partial charge >= 0.3 is 0 Å². The van der Waals surface area contributed by atoms with Crippen LogP contribution in [0.3, 0.4) is 0 Å². The molecule has 2 aromatic rings. The molecule has 3 heteroatoms. The lowest BCUT2D eigenvalue weighted by Gasteiger charge is -2.27. The van der Waals surface area contributed by atoms with E-state index in [1.807, 2.05) is 6.08 Å². The fraction of sp³-hybridized carbons (Fsp3) is 0.300. The summed E-state index contributed by atoms with van der Waals surface area (Å²) >= 11 is 0. The van der Waals surface area contributed by atoms with E-state index in [2.05, 4.69) is 88.8 Å². The van der Waals surface area contributed by atoms with Gasteiger partial charge in [-0.05, 0) is 37.6 Å². The normalized spacial score (nSPS) is 11.7. The molecule has 0 atom stereocenters. The van der Waals surface area contributed by atoms with Crippen molar-refractivity contribution in [2.75, 3.05) is 19.0 Å². The maximum absolute atomic E-state index is 6.33. The zero-order chi connectivity index (χ0) is 17.0. The average Bonchev–Trinajstić information content (AvgIpc) is 2.47. The fourth-order valence-electron chi connectivity index (χ4n) is 2.54. The van der Waals surface area contributed by atoms with Crippen LogP contribution in [-0.2, 0) is 0 Å². The molecule has 0 fully saturated rings. The quantitative estimate of drug-likeness (QED) is 0.784. The third kappa shape index (κ3) is 4.73. The predicted octanol–water partition coefficient (Wildman–Crippen LogP) is 2.69. The highest BCUT2D eigenvalue weighted by atomic mass is 28.2. The van der Waals surface area contributed by atoms with Crippen LogP contribution in [0.2, 0.25) is 0 Å². The lowest BCUT2D eigenvalue weighted by atomic mass is 10.2. The summed E-state index contributed by atoms with van der Waals surface area (Å²) in [6.45, 7) is 10.2. The lowest BCUT2D eigenvalue weighted by molar-refractivity contribution is 0.133. The highest BCUT2D eigenvalue weighted by Crippen LogP contribution is 2.27. The molecule has 0 aliphatic rings. The smallest absolute Gasteiger partial charge is 0.142 e. The van der Waals surface area contributed by atoms with E-state index in [4.69, 9.17) is 4.74 Å². The second-order valence-electron chi connectivity index (χ2n) is 7.00. The first-order valence-corrected chi connectivity index (χ1v) is 9.41. The topological polar surface area (TPSA) is 12.5 Å². The molecule has 0 unspecified atom stereocenters. The molecule has 0 heterocycles. The molecule has 2 aromatic carbocycles. The number of anilines is 1. The monoisotopic (exact) mass is 325 g/mol. The molecular weight excluding hydrogens is 298 g/mol. The summed E-state index contributed by atoms with van der Waals surface area (Å²) in [5.74, 6) is 1.03. The van der Waals surface area contributed by atoms with Crippen molar-refractivity contribution in [1.82, 2.24) is 0 Å². The van der Waals surface area contributed by atoms with Crippen LogP contribution in [-0.4, -0.2) is 29.2 Å². The van der Waals surface area contributed by atoms with E-state index in [0.29, 0.717) is 0 Å². The Morgan fingerprint density at radius 3 is 2.39 bits per heavy atom. The average molecular weight is 326 g/mol. The van der Waals surface area contributed by atoms with Crippen LogP contribution in [0.1, 0.15) is 26.3 Å². The van der Waals surface area contributed by atoms with Gasteiger partial charge in [-0.25, -0.2) is 0 Å². The summed E-state index contributed by atoms with van der Waals surface area (Å²) in [5.41, 5.74) is 2.11. The van der Waals surface area contributed by atoms with Crippen molar-refractivity contribution >= 4 is 31.7 Å². The molecule has 0 N–H and O–H groups in total. The first-order valence-electron chi connectivity index (χ1n) is 8.00. The van der Waals surface area contributed by atoms with Gasteiger partial charge in [0.1, 0.15) is 11.4 Å². The molecule has 2 rings (SSSR count). The maximum Gasteiger partial charge on any atom is 0.142 e. The van der Waals surface area contributed by atoms with E-state index in [9.17, 15) is 0 Å². The Kier molecular flexibility index (Phi) is 5.32. The molecule has 0 bridgehead atoms. The van der Waals surface area contributed by atoms with E-state index in [1.165, 1.54) is 15.9 Å². The van der Waals surface area contributed by atoms with Gasteiger partial charge in [-0.1, -0.05) is 54.2 Å². The van der Waals surface area contributed by atoms with Crippen LogP contribution in [0.5, 0.6) is 5.75 Å². The SMILES string of the molecule is C=Cc1cccc([SiH2]c2cccc(N(C)C)c2OC(C)(C)C)c1. The number of hydrogen-bond donors (Lipinski definition) is 0. The molecule has 0 aliphatic carbocycles. The first-order chi connectivity index (χ1) is 10.8. The van der Waals surface area contributed by atoms with E-state index < -0.39 is 9.52 Å². The summed E-state index contributed by atoms with van der Waals surface area (Å²) < 4.78 is 6.33. The summed E-state index contributed by atoms with van der Waals surface area (Å²) in [5, 5.41) is 2.74. The van der Waals surface area contributed by atoms with Crippen molar-refractivity contribution in [3.63, 3.8) is 0 Å². The molecule has 0 aliphatic heterocycles. The number of benzene rings is 2. The summed E-state index contributed by atoms with van der Waals surface area (Å²) in [6.07, 6.45) is 1.90. The van der Waals surface area contributed by atoms with Crippen molar-refractivity contribution < 1.29 is 4.74 Å². The van der Waals surface area contributed by atoms with Gasteiger partial charge < -0.3 is 9.64 Å². The van der Waals surface area contributed by atoms with Crippen molar-refractivity contribution in [3.8, 4) is 5.75 Å². The maximum atomic E-state index is 6.33. The van der Waals surface area contributed by atoms with Crippen LogP contribution >= 0.6 is 0 Å². The molecule has 0 aromatic heterocycles. The third-order valence-electron chi connectivity index (χ3n) is 3.55. The zero-order valence-corrected chi connectivity index (χ0v) is 16.3. The lowest BCUT2D eigenvalue weighted by Crippen LogP contribution is -2.34. The zero-order valence-electron chi connectivity index (χ0n) is 14.9. The number of ether oxygens (including phenoxy) is 1. The molecule has 0 saturated carbocycles. The van der Waals surface area contributed by atoms with Crippen LogP contribution in [0.15, 0.2) is 49.0 Å². The molecule has 0 radical (unpaired) electrons. The first kappa shape index (κ1) is 17.4. The minimum atomic E-state index is -0.616. The van der Waals surface area contributed by atoms with Crippen LogP contribution < -0.4 is 20.0 Å². The summed E-state index contributed by atoms with van der Waals surface area (Å²) in [6, 6.07) is 15.1. The van der Waals surface area contributed by atoms with E-state index in [1.54, 1.807) is 0 Å². The molecule has 0 saturated heterocycles. The molecular formula is C20H27NOSi. The van der Waals surface area contributed by atoms with Gasteiger partial charge in [-0.15, -0.1) is 0 Å². The summed E-state index contributed by atoms with van der Waals surface area (Å²) in [4.78, 5) is 2.12. The molecule has 23 heavy (non-hydrogen) atoms. The highest BCUT2D eigenvalue weighted by Gasteiger charge is 2.19. The minimum absolute atomic E-state index is 0.210. The Balaban J connectivity index is 2.44. The van der Waals surface area contributed by atoms with Crippen molar-refractivity contribution in [3.05, 3.63) is 54.6 Å². The fourth-order valence-corrected chi connectivity index (χ4v) is 4.24. The van der Waals surface area contributed by atoms with E-state index in [0.717, 1.165) is 11.4 Å². The van der Waals surface area contributed by atoms with Gasteiger partial charge in [0.25, 0.3) is 0 Å². The summed E-state index contributed by atoms with van der Waals surface area (Å²) in [7, 11) is 3.51. The van der Waals surface area contributed by atoms with E-state index in [-0.39, 0.29) is 5.60 Å². The van der Waals surface area contributed by atoms with Crippen molar-refractivity contribution in [1.29, 1.82) is 0 Å². The Hall–Kier alpha value is -2.00. The van der Waals surface area contributed by atoms with Crippen LogP contribution in [0, 0.1) is 0 Å². The Bertz CT molecular complexity index is 686. The number of rotatable bonds is 5. The molecule has 122 valence electrons. The van der Waals surface area contributed by atoms with Gasteiger partial charge in [0.2, 0.25) is 0 Å². The molecule has 0 spiro atoms. The third-order valence-corrected chi connectivity index (χ3v) is 5.33. The second-order valence-corrected chi connectivity index (χ2v) is 8.93. The Morgan fingerprint density at radius 2 is 1.78 bits per heavy atom. The number of nitrogens with zero attached hydrogens (tertiary/aromatic N) is 1. The molecule has 2 nitrogen and oxygen atoms in total. The number of para-hydroxylation sites is 1. The predicted molar refractivity (Wildman–Crippen MR) is 105 cm³/mol.